The molecule has 0 saturated heterocycles. The van der Waals surface area contributed by atoms with Crippen molar-refractivity contribution < 1.29 is 0 Å². The summed E-state index contributed by atoms with van der Waals surface area (Å²) in [6.07, 6.45) is 0. The first-order valence-corrected chi connectivity index (χ1v) is 9.52. The Morgan fingerprint density at radius 1 is 0.950 bits per heavy atom. The van der Waals surface area contributed by atoms with Gasteiger partial charge in [0.05, 0.1) is 5.38 Å². The Morgan fingerprint density at radius 2 is 1.75 bits per heavy atom. The second kappa shape index (κ2) is 6.09. The topological polar surface area (TPSA) is 0 Å². The standard InChI is InChI=1S/C15H8Br3ClS/c16-8-4-5-12(17)10(6-8)14(19)11-7-20-15-9(11)2-1-3-13(15)18/h1-7,14H. The number of benzene rings is 2. The Balaban J connectivity index is 2.15. The average molecular weight is 495 g/mol. The van der Waals surface area contributed by atoms with Crippen LogP contribution in [0, 0.1) is 0 Å². The molecule has 0 saturated carbocycles. The Bertz CT molecular complexity index is 782. The number of fused-ring (bicyclic) bond motifs is 1. The normalized spacial score (nSPS) is 12.8. The highest BCUT2D eigenvalue weighted by Gasteiger charge is 2.18. The number of halogens is 4. The van der Waals surface area contributed by atoms with Crippen LogP contribution in [0.15, 0.2) is 55.2 Å². The largest absolute Gasteiger partial charge is 0.142 e. The van der Waals surface area contributed by atoms with Gasteiger partial charge in [0.2, 0.25) is 0 Å². The van der Waals surface area contributed by atoms with Crippen LogP contribution >= 0.6 is 70.7 Å². The van der Waals surface area contributed by atoms with Gasteiger partial charge in [0.25, 0.3) is 0 Å². The molecule has 5 heteroatoms. The zero-order valence-corrected chi connectivity index (χ0v) is 16.4. The molecule has 0 bridgehead atoms. The lowest BCUT2D eigenvalue weighted by Crippen LogP contribution is -1.93. The molecule has 0 amide bonds. The fourth-order valence-corrected chi connectivity index (χ4v) is 5.18. The van der Waals surface area contributed by atoms with Crippen molar-refractivity contribution in [2.75, 3.05) is 0 Å². The van der Waals surface area contributed by atoms with E-state index in [1.165, 1.54) is 10.1 Å². The molecule has 102 valence electrons. The molecular weight excluding hydrogens is 487 g/mol. The van der Waals surface area contributed by atoms with Crippen molar-refractivity contribution in [1.82, 2.24) is 0 Å². The molecule has 0 spiro atoms. The Morgan fingerprint density at radius 3 is 2.55 bits per heavy atom. The van der Waals surface area contributed by atoms with Crippen LogP contribution in [-0.2, 0) is 0 Å². The van der Waals surface area contributed by atoms with E-state index in [1.54, 1.807) is 11.3 Å². The first kappa shape index (κ1) is 15.0. The predicted octanol–water partition coefficient (Wildman–Crippen LogP) is 7.52. The zero-order chi connectivity index (χ0) is 14.3. The molecule has 0 aliphatic carbocycles. The lowest BCUT2D eigenvalue weighted by Gasteiger charge is -2.12. The molecule has 0 nitrogen and oxygen atoms in total. The third-order valence-electron chi connectivity index (χ3n) is 3.09. The van der Waals surface area contributed by atoms with Crippen molar-refractivity contribution in [3.8, 4) is 0 Å². The number of alkyl halides is 1. The lowest BCUT2D eigenvalue weighted by molar-refractivity contribution is 1.15. The van der Waals surface area contributed by atoms with Crippen molar-refractivity contribution in [2.24, 2.45) is 0 Å². The van der Waals surface area contributed by atoms with Gasteiger partial charge in [0, 0.05) is 18.1 Å². The van der Waals surface area contributed by atoms with Crippen LogP contribution in [0.4, 0.5) is 0 Å². The van der Waals surface area contributed by atoms with E-state index in [0.717, 1.165) is 24.5 Å². The quantitative estimate of drug-likeness (QED) is 0.323. The van der Waals surface area contributed by atoms with Crippen LogP contribution in [0.25, 0.3) is 10.1 Å². The van der Waals surface area contributed by atoms with Gasteiger partial charge in [0.1, 0.15) is 0 Å². The van der Waals surface area contributed by atoms with Crippen molar-refractivity contribution in [2.45, 2.75) is 5.38 Å². The molecule has 0 radical (unpaired) electrons. The van der Waals surface area contributed by atoms with Crippen LogP contribution < -0.4 is 0 Å². The van der Waals surface area contributed by atoms with Crippen molar-refractivity contribution >= 4 is 80.8 Å². The monoisotopic (exact) mass is 492 g/mol. The molecule has 0 N–H and O–H groups in total. The summed E-state index contributed by atoms with van der Waals surface area (Å²) in [5, 5.41) is 3.17. The maximum Gasteiger partial charge on any atom is 0.0860 e. The van der Waals surface area contributed by atoms with E-state index in [2.05, 4.69) is 71.4 Å². The second-order valence-electron chi connectivity index (χ2n) is 4.34. The molecule has 2 aromatic carbocycles. The summed E-state index contributed by atoms with van der Waals surface area (Å²) in [5.74, 6) is 0. The zero-order valence-electron chi connectivity index (χ0n) is 10.0. The minimum atomic E-state index is -0.176. The summed E-state index contributed by atoms with van der Waals surface area (Å²) >= 11 is 19.1. The number of hydrogen-bond donors (Lipinski definition) is 0. The number of rotatable bonds is 2. The highest BCUT2D eigenvalue weighted by Crippen LogP contribution is 2.42. The molecule has 20 heavy (non-hydrogen) atoms. The Kier molecular flexibility index (Phi) is 4.58. The Hall–Kier alpha value is 0.130. The SMILES string of the molecule is ClC(c1cc(Br)ccc1Br)c1csc2c(Br)cccc12. The Labute approximate surface area is 151 Å². The molecule has 1 aromatic heterocycles. The van der Waals surface area contributed by atoms with Gasteiger partial charge >= 0.3 is 0 Å². The average Bonchev–Trinajstić information content (AvgIpc) is 2.86. The van der Waals surface area contributed by atoms with E-state index in [-0.39, 0.29) is 5.38 Å². The van der Waals surface area contributed by atoms with Gasteiger partial charge in [-0.3, -0.25) is 0 Å². The van der Waals surface area contributed by atoms with Crippen LogP contribution in [-0.4, -0.2) is 0 Å². The van der Waals surface area contributed by atoms with Crippen molar-refractivity contribution in [3.05, 3.63) is 66.3 Å². The summed E-state index contributed by atoms with van der Waals surface area (Å²) in [5.41, 5.74) is 2.22. The summed E-state index contributed by atoms with van der Waals surface area (Å²) in [7, 11) is 0. The highest BCUT2D eigenvalue weighted by atomic mass is 79.9. The second-order valence-corrected chi connectivity index (χ2v) is 8.28. The molecule has 3 rings (SSSR count). The van der Waals surface area contributed by atoms with E-state index < -0.39 is 0 Å². The third-order valence-corrected chi connectivity index (χ3v) is 6.74. The summed E-state index contributed by atoms with van der Waals surface area (Å²) in [6.45, 7) is 0. The molecule has 1 heterocycles. The van der Waals surface area contributed by atoms with Gasteiger partial charge in [-0.2, -0.15) is 0 Å². The minimum Gasteiger partial charge on any atom is -0.142 e. The molecule has 0 aliphatic rings. The molecule has 1 atom stereocenters. The van der Waals surface area contributed by atoms with E-state index in [0.29, 0.717) is 0 Å². The van der Waals surface area contributed by atoms with E-state index >= 15 is 0 Å². The fourth-order valence-electron chi connectivity index (χ4n) is 2.11. The summed E-state index contributed by atoms with van der Waals surface area (Å²) in [4.78, 5) is 0. The van der Waals surface area contributed by atoms with E-state index in [1.807, 2.05) is 18.2 Å². The predicted molar refractivity (Wildman–Crippen MR) is 99.1 cm³/mol. The molecule has 1 unspecified atom stereocenters. The minimum absolute atomic E-state index is 0.176. The van der Waals surface area contributed by atoms with Crippen molar-refractivity contribution in [3.63, 3.8) is 0 Å². The van der Waals surface area contributed by atoms with Crippen LogP contribution in [0.5, 0.6) is 0 Å². The van der Waals surface area contributed by atoms with Gasteiger partial charge in [-0.25, -0.2) is 0 Å². The van der Waals surface area contributed by atoms with Crippen LogP contribution in [0.3, 0.4) is 0 Å². The van der Waals surface area contributed by atoms with Crippen LogP contribution in [0.1, 0.15) is 16.5 Å². The number of thiophene rings is 1. The molecule has 0 fully saturated rings. The third kappa shape index (κ3) is 2.73. The molecule has 3 aromatic rings. The maximum absolute atomic E-state index is 6.72. The summed E-state index contributed by atoms with van der Waals surface area (Å²) < 4.78 is 4.40. The fraction of sp³-hybridized carbons (Fsp3) is 0.0667. The van der Waals surface area contributed by atoms with Gasteiger partial charge < -0.3 is 0 Å². The molecule has 0 aliphatic heterocycles. The van der Waals surface area contributed by atoms with E-state index in [9.17, 15) is 0 Å². The number of hydrogen-bond acceptors (Lipinski definition) is 1. The van der Waals surface area contributed by atoms with Crippen molar-refractivity contribution in [1.29, 1.82) is 0 Å². The smallest absolute Gasteiger partial charge is 0.0860 e. The first-order valence-electron chi connectivity index (χ1n) is 5.82. The summed E-state index contributed by atoms with van der Waals surface area (Å²) in [6, 6.07) is 12.3. The van der Waals surface area contributed by atoms with E-state index in [4.69, 9.17) is 11.6 Å². The van der Waals surface area contributed by atoms with Gasteiger partial charge in [-0.05, 0) is 62.1 Å². The lowest BCUT2D eigenvalue weighted by atomic mass is 10.0. The van der Waals surface area contributed by atoms with Gasteiger partial charge in [-0.15, -0.1) is 22.9 Å². The first-order chi connectivity index (χ1) is 9.58. The molecular formula is C15H8Br3ClS. The van der Waals surface area contributed by atoms with Gasteiger partial charge in [-0.1, -0.05) is 44.0 Å². The van der Waals surface area contributed by atoms with Crippen LogP contribution in [0.2, 0.25) is 0 Å². The van der Waals surface area contributed by atoms with Gasteiger partial charge in [0.15, 0.2) is 0 Å². The maximum atomic E-state index is 6.72. The highest BCUT2D eigenvalue weighted by molar-refractivity contribution is 9.11.